The van der Waals surface area contributed by atoms with Gasteiger partial charge in [-0.25, -0.2) is 4.39 Å². The van der Waals surface area contributed by atoms with E-state index in [2.05, 4.69) is 5.32 Å². The highest BCUT2D eigenvalue weighted by Gasteiger charge is 2.27. The number of nitrogens with one attached hydrogen (secondary N) is 1. The molecule has 2 atom stereocenters. The second-order valence-electron chi connectivity index (χ2n) is 4.61. The van der Waals surface area contributed by atoms with Crippen molar-refractivity contribution in [2.24, 2.45) is 5.92 Å². The average Bonchev–Trinajstić information content (AvgIpc) is 2.74. The molecular formula is C11H20FN. The van der Waals surface area contributed by atoms with Gasteiger partial charge < -0.3 is 5.32 Å². The summed E-state index contributed by atoms with van der Waals surface area (Å²) in [5.74, 6) is 0.692. The molecular weight excluding hydrogens is 165 g/mol. The lowest BCUT2D eigenvalue weighted by molar-refractivity contribution is 0.217. The first-order valence-electron chi connectivity index (χ1n) is 5.74. The monoisotopic (exact) mass is 185 g/mol. The van der Waals surface area contributed by atoms with E-state index in [-0.39, 0.29) is 6.04 Å². The molecule has 1 saturated heterocycles. The molecule has 2 rings (SSSR count). The summed E-state index contributed by atoms with van der Waals surface area (Å²) in [5.41, 5.74) is 0. The average molecular weight is 185 g/mol. The van der Waals surface area contributed by atoms with Crippen LogP contribution in [0.3, 0.4) is 0 Å². The van der Waals surface area contributed by atoms with Crippen LogP contribution >= 0.6 is 0 Å². The van der Waals surface area contributed by atoms with Crippen LogP contribution < -0.4 is 5.32 Å². The minimum atomic E-state index is -0.578. The second-order valence-corrected chi connectivity index (χ2v) is 4.61. The van der Waals surface area contributed by atoms with Crippen LogP contribution in [0.15, 0.2) is 0 Å². The fourth-order valence-corrected chi connectivity index (χ4v) is 2.75. The third-order valence-electron chi connectivity index (χ3n) is 3.57. The van der Waals surface area contributed by atoms with Crippen molar-refractivity contribution in [2.75, 3.05) is 6.54 Å². The quantitative estimate of drug-likeness (QED) is 0.712. The minimum Gasteiger partial charge on any atom is -0.311 e. The molecule has 0 bridgehead atoms. The summed E-state index contributed by atoms with van der Waals surface area (Å²) in [6, 6.07) is 0.181. The summed E-state index contributed by atoms with van der Waals surface area (Å²) in [6.45, 7) is 1.02. The third kappa shape index (κ3) is 2.43. The van der Waals surface area contributed by atoms with E-state index in [4.69, 9.17) is 0 Å². The molecule has 2 aliphatic rings. The van der Waals surface area contributed by atoms with Gasteiger partial charge in [0.2, 0.25) is 0 Å². The van der Waals surface area contributed by atoms with Gasteiger partial charge in [0, 0.05) is 6.04 Å². The fourth-order valence-electron chi connectivity index (χ4n) is 2.75. The molecule has 1 N–H and O–H groups in total. The van der Waals surface area contributed by atoms with Crippen LogP contribution in [0.2, 0.25) is 0 Å². The van der Waals surface area contributed by atoms with Crippen molar-refractivity contribution in [2.45, 2.75) is 57.2 Å². The van der Waals surface area contributed by atoms with Crippen molar-refractivity contribution < 1.29 is 4.39 Å². The van der Waals surface area contributed by atoms with E-state index in [9.17, 15) is 4.39 Å². The number of rotatable bonds is 3. The maximum atomic E-state index is 13.7. The molecule has 1 nitrogen and oxygen atoms in total. The molecule has 0 aromatic heterocycles. The predicted molar refractivity (Wildman–Crippen MR) is 52.5 cm³/mol. The molecule has 2 fully saturated rings. The maximum Gasteiger partial charge on any atom is 0.116 e. The highest BCUT2D eigenvalue weighted by Crippen LogP contribution is 2.31. The summed E-state index contributed by atoms with van der Waals surface area (Å²) in [5, 5.41) is 3.26. The zero-order valence-electron chi connectivity index (χ0n) is 8.27. The van der Waals surface area contributed by atoms with E-state index >= 15 is 0 Å². The summed E-state index contributed by atoms with van der Waals surface area (Å²) in [7, 11) is 0. The predicted octanol–water partition coefficient (Wildman–Crippen LogP) is 2.66. The van der Waals surface area contributed by atoms with Crippen molar-refractivity contribution in [3.63, 3.8) is 0 Å². The summed E-state index contributed by atoms with van der Waals surface area (Å²) < 4.78 is 13.7. The Morgan fingerprint density at radius 2 is 1.92 bits per heavy atom. The van der Waals surface area contributed by atoms with Gasteiger partial charge in [0.15, 0.2) is 0 Å². The Kier molecular flexibility index (Phi) is 3.20. The molecule has 13 heavy (non-hydrogen) atoms. The van der Waals surface area contributed by atoms with Gasteiger partial charge in [0.1, 0.15) is 6.17 Å². The Labute approximate surface area is 80.1 Å². The van der Waals surface area contributed by atoms with Crippen LogP contribution in [0.1, 0.15) is 44.9 Å². The standard InChI is InChI=1S/C11H20FN/c12-10(11-6-3-7-13-11)8-9-4-1-2-5-9/h9-11,13H,1-8H2. The molecule has 1 heterocycles. The minimum absolute atomic E-state index is 0.181. The normalized spacial score (nSPS) is 32.5. The van der Waals surface area contributed by atoms with Crippen molar-refractivity contribution in [1.29, 1.82) is 0 Å². The summed E-state index contributed by atoms with van der Waals surface area (Å²) in [4.78, 5) is 0. The smallest absolute Gasteiger partial charge is 0.116 e. The highest BCUT2D eigenvalue weighted by atomic mass is 19.1. The lowest BCUT2D eigenvalue weighted by atomic mass is 9.96. The Morgan fingerprint density at radius 1 is 1.15 bits per heavy atom. The van der Waals surface area contributed by atoms with Gasteiger partial charge in [-0.3, -0.25) is 0 Å². The molecule has 76 valence electrons. The molecule has 0 aromatic rings. The first-order chi connectivity index (χ1) is 6.36. The number of alkyl halides is 1. The molecule has 2 unspecified atom stereocenters. The molecule has 2 heteroatoms. The molecule has 1 aliphatic heterocycles. The van der Waals surface area contributed by atoms with Gasteiger partial charge in [0.05, 0.1) is 0 Å². The molecule has 0 aromatic carbocycles. The molecule has 1 saturated carbocycles. The van der Waals surface area contributed by atoms with Gasteiger partial charge in [-0.05, 0) is 31.7 Å². The molecule has 1 aliphatic carbocycles. The summed E-state index contributed by atoms with van der Waals surface area (Å²) in [6.07, 6.45) is 7.65. The van der Waals surface area contributed by atoms with Crippen LogP contribution in [-0.4, -0.2) is 18.8 Å². The maximum absolute atomic E-state index is 13.7. The Morgan fingerprint density at radius 3 is 2.54 bits per heavy atom. The van der Waals surface area contributed by atoms with Crippen LogP contribution in [0.5, 0.6) is 0 Å². The Hall–Kier alpha value is -0.110. The van der Waals surface area contributed by atoms with Gasteiger partial charge in [-0.2, -0.15) is 0 Å². The first-order valence-corrected chi connectivity index (χ1v) is 5.74. The number of hydrogen-bond donors (Lipinski definition) is 1. The zero-order valence-corrected chi connectivity index (χ0v) is 8.27. The highest BCUT2D eigenvalue weighted by molar-refractivity contribution is 4.84. The SMILES string of the molecule is FC(CC1CCCC1)C1CCCN1. The van der Waals surface area contributed by atoms with Crippen LogP contribution in [0, 0.1) is 5.92 Å². The number of hydrogen-bond acceptors (Lipinski definition) is 1. The van der Waals surface area contributed by atoms with Gasteiger partial charge >= 0.3 is 0 Å². The molecule has 0 radical (unpaired) electrons. The van der Waals surface area contributed by atoms with Gasteiger partial charge in [-0.15, -0.1) is 0 Å². The third-order valence-corrected chi connectivity index (χ3v) is 3.57. The molecule has 0 spiro atoms. The topological polar surface area (TPSA) is 12.0 Å². The van der Waals surface area contributed by atoms with E-state index in [0.29, 0.717) is 5.92 Å². The molecule has 0 amide bonds. The van der Waals surface area contributed by atoms with Crippen molar-refractivity contribution in [3.8, 4) is 0 Å². The lowest BCUT2D eigenvalue weighted by Gasteiger charge is -2.19. The Bertz CT molecular complexity index is 148. The van der Waals surface area contributed by atoms with Gasteiger partial charge in [-0.1, -0.05) is 25.7 Å². The largest absolute Gasteiger partial charge is 0.311 e. The zero-order chi connectivity index (χ0) is 9.10. The van der Waals surface area contributed by atoms with Crippen molar-refractivity contribution in [1.82, 2.24) is 5.32 Å². The lowest BCUT2D eigenvalue weighted by Crippen LogP contribution is -2.32. The Balaban J connectivity index is 1.73. The number of halogens is 1. The van der Waals surface area contributed by atoms with Crippen molar-refractivity contribution >= 4 is 0 Å². The van der Waals surface area contributed by atoms with E-state index in [1.807, 2.05) is 0 Å². The van der Waals surface area contributed by atoms with E-state index in [1.54, 1.807) is 0 Å². The van der Waals surface area contributed by atoms with Gasteiger partial charge in [0.25, 0.3) is 0 Å². The van der Waals surface area contributed by atoms with Crippen molar-refractivity contribution in [3.05, 3.63) is 0 Å². The van der Waals surface area contributed by atoms with E-state index < -0.39 is 6.17 Å². The van der Waals surface area contributed by atoms with E-state index in [1.165, 1.54) is 25.7 Å². The van der Waals surface area contributed by atoms with Crippen LogP contribution in [0.4, 0.5) is 4.39 Å². The van der Waals surface area contributed by atoms with Crippen LogP contribution in [0.25, 0.3) is 0 Å². The van der Waals surface area contributed by atoms with E-state index in [0.717, 1.165) is 25.8 Å². The first kappa shape index (κ1) is 9.45. The second kappa shape index (κ2) is 4.41. The van der Waals surface area contributed by atoms with Crippen LogP contribution in [-0.2, 0) is 0 Å². The summed E-state index contributed by atoms with van der Waals surface area (Å²) >= 11 is 0. The fraction of sp³-hybridized carbons (Fsp3) is 1.00.